The SMILES string of the molecule is Cc1ncsc1CN1CC2(C[C@H](CCOc3ncccc3F)CCO2)C1. The summed E-state index contributed by atoms with van der Waals surface area (Å²) in [4.78, 5) is 12.0. The maximum atomic E-state index is 13.6. The Morgan fingerprint density at radius 1 is 1.42 bits per heavy atom. The van der Waals surface area contributed by atoms with Crippen molar-refractivity contribution in [2.24, 2.45) is 5.92 Å². The van der Waals surface area contributed by atoms with Crippen molar-refractivity contribution in [3.05, 3.63) is 40.2 Å². The molecule has 4 heterocycles. The number of likely N-dealkylation sites (tertiary alicyclic amines) is 1. The molecule has 2 aromatic rings. The Morgan fingerprint density at radius 2 is 2.31 bits per heavy atom. The van der Waals surface area contributed by atoms with Crippen LogP contribution in [0.1, 0.15) is 29.8 Å². The lowest BCUT2D eigenvalue weighted by Gasteiger charge is -2.53. The second kappa shape index (κ2) is 7.58. The molecule has 2 aliphatic heterocycles. The van der Waals surface area contributed by atoms with Crippen LogP contribution in [-0.2, 0) is 11.3 Å². The molecule has 5 nitrogen and oxygen atoms in total. The molecule has 0 radical (unpaired) electrons. The molecule has 0 aromatic carbocycles. The van der Waals surface area contributed by atoms with Crippen LogP contribution in [-0.4, -0.2) is 46.8 Å². The van der Waals surface area contributed by atoms with Gasteiger partial charge in [-0.25, -0.2) is 14.4 Å². The summed E-state index contributed by atoms with van der Waals surface area (Å²) in [5.74, 6) is 0.260. The van der Waals surface area contributed by atoms with Crippen LogP contribution in [0.4, 0.5) is 4.39 Å². The number of nitrogens with zero attached hydrogens (tertiary/aromatic N) is 3. The van der Waals surface area contributed by atoms with Crippen molar-refractivity contribution in [2.75, 3.05) is 26.3 Å². The molecule has 1 atom stereocenters. The first-order chi connectivity index (χ1) is 12.6. The average Bonchev–Trinajstić information content (AvgIpc) is 3.01. The van der Waals surface area contributed by atoms with Gasteiger partial charge in [0.25, 0.3) is 0 Å². The predicted molar refractivity (Wildman–Crippen MR) is 97.8 cm³/mol. The van der Waals surface area contributed by atoms with Crippen molar-refractivity contribution in [3.8, 4) is 5.88 Å². The van der Waals surface area contributed by atoms with Gasteiger partial charge in [-0.05, 0) is 44.2 Å². The average molecular weight is 377 g/mol. The summed E-state index contributed by atoms with van der Waals surface area (Å²) >= 11 is 1.73. The summed E-state index contributed by atoms with van der Waals surface area (Å²) < 4.78 is 25.2. The highest BCUT2D eigenvalue weighted by Gasteiger charge is 2.47. The molecule has 2 fully saturated rings. The van der Waals surface area contributed by atoms with Crippen LogP contribution in [0.25, 0.3) is 0 Å². The molecule has 1 spiro atoms. The van der Waals surface area contributed by atoms with Gasteiger partial charge in [-0.1, -0.05) is 0 Å². The second-order valence-electron chi connectivity index (χ2n) is 7.32. The third kappa shape index (κ3) is 3.89. The molecule has 2 aromatic heterocycles. The normalized spacial score (nSPS) is 22.3. The first-order valence-electron chi connectivity index (χ1n) is 9.12. The van der Waals surface area contributed by atoms with E-state index in [1.165, 1.54) is 10.9 Å². The van der Waals surface area contributed by atoms with Crippen LogP contribution in [0.3, 0.4) is 0 Å². The first kappa shape index (κ1) is 17.8. The Balaban J connectivity index is 1.23. The molecule has 0 aliphatic carbocycles. The molecular formula is C19H24FN3O2S. The molecule has 0 amide bonds. The minimum Gasteiger partial charge on any atom is -0.476 e. The van der Waals surface area contributed by atoms with E-state index >= 15 is 0 Å². The number of aromatic nitrogens is 2. The Morgan fingerprint density at radius 3 is 3.08 bits per heavy atom. The summed E-state index contributed by atoms with van der Waals surface area (Å²) in [7, 11) is 0. The van der Waals surface area contributed by atoms with Crippen LogP contribution in [0, 0.1) is 18.7 Å². The van der Waals surface area contributed by atoms with E-state index in [0.717, 1.165) is 51.2 Å². The summed E-state index contributed by atoms with van der Waals surface area (Å²) in [6.45, 7) is 6.30. The topological polar surface area (TPSA) is 47.5 Å². The summed E-state index contributed by atoms with van der Waals surface area (Å²) in [6, 6.07) is 2.94. The minimum atomic E-state index is -0.399. The Hall–Kier alpha value is -1.57. The van der Waals surface area contributed by atoms with E-state index in [1.807, 2.05) is 5.51 Å². The number of hydrogen-bond acceptors (Lipinski definition) is 6. The van der Waals surface area contributed by atoms with Gasteiger partial charge in [0.1, 0.15) is 0 Å². The fourth-order valence-electron chi connectivity index (χ4n) is 3.96. The largest absolute Gasteiger partial charge is 0.476 e. The zero-order valence-corrected chi connectivity index (χ0v) is 15.8. The van der Waals surface area contributed by atoms with Crippen LogP contribution in [0.15, 0.2) is 23.8 Å². The quantitative estimate of drug-likeness (QED) is 0.772. The highest BCUT2D eigenvalue weighted by Crippen LogP contribution is 2.39. The van der Waals surface area contributed by atoms with Crippen LogP contribution >= 0.6 is 11.3 Å². The number of rotatable bonds is 6. The number of pyridine rings is 1. The second-order valence-corrected chi connectivity index (χ2v) is 8.26. The lowest BCUT2D eigenvalue weighted by atomic mass is 9.79. The third-order valence-electron chi connectivity index (χ3n) is 5.32. The van der Waals surface area contributed by atoms with E-state index in [0.29, 0.717) is 12.5 Å². The molecule has 4 rings (SSSR count). The van der Waals surface area contributed by atoms with Gasteiger partial charge in [-0.3, -0.25) is 4.90 Å². The summed E-state index contributed by atoms with van der Waals surface area (Å²) in [5, 5.41) is 0. The molecule has 0 saturated carbocycles. The Kier molecular flexibility index (Phi) is 5.20. The van der Waals surface area contributed by atoms with Crippen LogP contribution in [0.5, 0.6) is 5.88 Å². The molecule has 2 aliphatic rings. The summed E-state index contributed by atoms with van der Waals surface area (Å²) in [6.07, 6.45) is 4.56. The number of hydrogen-bond donors (Lipinski definition) is 0. The van der Waals surface area contributed by atoms with Crippen molar-refractivity contribution in [3.63, 3.8) is 0 Å². The van der Waals surface area contributed by atoms with Gasteiger partial charge in [-0.15, -0.1) is 11.3 Å². The number of aryl methyl sites for hydroxylation is 1. The molecule has 0 bridgehead atoms. The molecular weight excluding hydrogens is 353 g/mol. The number of ether oxygens (including phenoxy) is 2. The van der Waals surface area contributed by atoms with E-state index in [-0.39, 0.29) is 11.5 Å². The maximum Gasteiger partial charge on any atom is 0.250 e. The molecule has 7 heteroatoms. The monoisotopic (exact) mass is 377 g/mol. The van der Waals surface area contributed by atoms with Crippen molar-refractivity contribution in [2.45, 2.75) is 38.3 Å². The lowest BCUT2D eigenvalue weighted by molar-refractivity contribution is -0.181. The Labute approximate surface area is 157 Å². The van der Waals surface area contributed by atoms with Crippen molar-refractivity contribution in [1.29, 1.82) is 0 Å². The predicted octanol–water partition coefficient (Wildman–Crippen LogP) is 3.44. The van der Waals surface area contributed by atoms with E-state index in [9.17, 15) is 4.39 Å². The fourth-order valence-corrected chi connectivity index (χ4v) is 4.78. The van der Waals surface area contributed by atoms with Gasteiger partial charge in [0.15, 0.2) is 5.82 Å². The van der Waals surface area contributed by atoms with Gasteiger partial charge < -0.3 is 9.47 Å². The van der Waals surface area contributed by atoms with Crippen molar-refractivity contribution in [1.82, 2.24) is 14.9 Å². The van der Waals surface area contributed by atoms with Crippen LogP contribution in [0.2, 0.25) is 0 Å². The standard InChI is InChI=1S/C19H24FN3O2S/c1-14-17(26-13-22-14)10-23-11-19(12-23)9-15(5-8-25-19)4-7-24-18-16(20)3-2-6-21-18/h2-3,6,13,15H,4-5,7-12H2,1H3/t15-/m1/s1. The minimum absolute atomic E-state index is 0.00223. The van der Waals surface area contributed by atoms with E-state index < -0.39 is 5.82 Å². The molecule has 0 N–H and O–H groups in total. The molecule has 140 valence electrons. The van der Waals surface area contributed by atoms with Gasteiger partial charge >= 0.3 is 0 Å². The first-order valence-corrected chi connectivity index (χ1v) is 10.0. The number of halogens is 1. The van der Waals surface area contributed by atoms with E-state index in [4.69, 9.17) is 9.47 Å². The van der Waals surface area contributed by atoms with Gasteiger partial charge in [0, 0.05) is 37.3 Å². The van der Waals surface area contributed by atoms with E-state index in [2.05, 4.69) is 21.8 Å². The van der Waals surface area contributed by atoms with Gasteiger partial charge in [-0.2, -0.15) is 0 Å². The zero-order chi connectivity index (χ0) is 18.0. The van der Waals surface area contributed by atoms with E-state index in [1.54, 1.807) is 23.6 Å². The highest BCUT2D eigenvalue weighted by molar-refractivity contribution is 7.09. The molecule has 26 heavy (non-hydrogen) atoms. The number of thiazole rings is 1. The van der Waals surface area contributed by atoms with Crippen molar-refractivity contribution < 1.29 is 13.9 Å². The van der Waals surface area contributed by atoms with Gasteiger partial charge in [0.05, 0.1) is 23.4 Å². The third-order valence-corrected chi connectivity index (χ3v) is 6.24. The van der Waals surface area contributed by atoms with Gasteiger partial charge in [0.2, 0.25) is 5.88 Å². The lowest BCUT2D eigenvalue weighted by Crippen LogP contribution is -2.64. The van der Waals surface area contributed by atoms with Crippen molar-refractivity contribution >= 4 is 11.3 Å². The van der Waals surface area contributed by atoms with Crippen LogP contribution < -0.4 is 4.74 Å². The highest BCUT2D eigenvalue weighted by atomic mass is 32.1. The zero-order valence-electron chi connectivity index (χ0n) is 15.0. The smallest absolute Gasteiger partial charge is 0.250 e. The Bertz CT molecular complexity index is 748. The molecule has 2 saturated heterocycles. The summed E-state index contributed by atoms with van der Waals surface area (Å²) in [5.41, 5.74) is 3.05. The fraction of sp³-hybridized carbons (Fsp3) is 0.579. The molecule has 0 unspecified atom stereocenters. The maximum absolute atomic E-state index is 13.6.